The molecule has 0 heterocycles. The molecule has 0 aromatic rings. The van der Waals surface area contributed by atoms with Gasteiger partial charge in [0.1, 0.15) is 12.6 Å². The van der Waals surface area contributed by atoms with E-state index in [2.05, 4.69) is 62.5 Å². The van der Waals surface area contributed by atoms with E-state index in [4.69, 9.17) is 14.2 Å². The minimum atomic E-state index is -1.14. The number of carbonyl (C=O) groups is 3. The summed E-state index contributed by atoms with van der Waals surface area (Å²) in [4.78, 5) is 36.7. The van der Waals surface area contributed by atoms with E-state index in [1.54, 1.807) is 21.1 Å². The van der Waals surface area contributed by atoms with Crippen LogP contribution in [0.25, 0.3) is 0 Å². The third-order valence-electron chi connectivity index (χ3n) is 8.18. The van der Waals surface area contributed by atoms with Gasteiger partial charge in [0.15, 0.2) is 6.10 Å². The van der Waals surface area contributed by atoms with Gasteiger partial charge in [0.05, 0.1) is 40.3 Å². The van der Waals surface area contributed by atoms with Crippen LogP contribution in [0.3, 0.4) is 0 Å². The molecule has 2 unspecified atom stereocenters. The second-order valence-corrected chi connectivity index (χ2v) is 13.9. The first-order valence-corrected chi connectivity index (χ1v) is 19.7. The molecule has 0 aliphatic rings. The van der Waals surface area contributed by atoms with E-state index in [1.807, 2.05) is 36.5 Å². The molecule has 0 bridgehead atoms. The standard InChI is InChI=1S/C44H71NO7/c1-6-8-10-12-14-16-18-20-21-23-25-27-29-31-33-35-43(47)52-40(38-50-37-36-41(44(48)49)45(3,4)5)39-51-42(46)34-32-30-28-26-24-22-19-17-15-13-11-9-7-2/h8-19,22,24,40-41H,6-7,20-21,23,25-39H2,1-5H3/b10-8+,11-9+,14-12+,15-13+,18-16+,19-17+,24-22+. The molecule has 0 radical (unpaired) electrons. The van der Waals surface area contributed by atoms with Gasteiger partial charge in [-0.3, -0.25) is 9.59 Å². The van der Waals surface area contributed by atoms with Crippen molar-refractivity contribution in [1.82, 2.24) is 0 Å². The van der Waals surface area contributed by atoms with Gasteiger partial charge in [-0.05, 0) is 51.4 Å². The van der Waals surface area contributed by atoms with Crippen LogP contribution in [-0.2, 0) is 28.6 Å². The maximum absolute atomic E-state index is 12.7. The van der Waals surface area contributed by atoms with Crippen molar-refractivity contribution in [3.05, 3.63) is 85.1 Å². The fraction of sp³-hybridized carbons (Fsp3) is 0.614. The number of allylic oxidation sites excluding steroid dienone is 14. The summed E-state index contributed by atoms with van der Waals surface area (Å²) >= 11 is 0. The number of rotatable bonds is 33. The highest BCUT2D eigenvalue weighted by Crippen LogP contribution is 2.12. The van der Waals surface area contributed by atoms with E-state index in [-0.39, 0.29) is 42.7 Å². The van der Waals surface area contributed by atoms with Gasteiger partial charge in [-0.15, -0.1) is 0 Å². The van der Waals surface area contributed by atoms with Crippen LogP contribution in [0.4, 0.5) is 0 Å². The first-order chi connectivity index (χ1) is 25.1. The Balaban J connectivity index is 4.51. The van der Waals surface area contributed by atoms with Crippen LogP contribution in [0.1, 0.15) is 123 Å². The zero-order chi connectivity index (χ0) is 38.5. The zero-order valence-corrected chi connectivity index (χ0v) is 33.2. The number of carboxylic acid groups (broad SMARTS) is 1. The van der Waals surface area contributed by atoms with E-state index >= 15 is 0 Å². The second-order valence-electron chi connectivity index (χ2n) is 13.9. The van der Waals surface area contributed by atoms with Crippen molar-refractivity contribution >= 4 is 17.9 Å². The lowest BCUT2D eigenvalue weighted by Gasteiger charge is -2.34. The lowest BCUT2D eigenvalue weighted by molar-refractivity contribution is -0.889. The lowest BCUT2D eigenvalue weighted by Crippen LogP contribution is -2.55. The van der Waals surface area contributed by atoms with Crippen LogP contribution >= 0.6 is 0 Å². The highest BCUT2D eigenvalue weighted by molar-refractivity contribution is 5.70. The van der Waals surface area contributed by atoms with Crippen molar-refractivity contribution in [3.63, 3.8) is 0 Å². The minimum Gasteiger partial charge on any atom is -0.544 e. The van der Waals surface area contributed by atoms with Gasteiger partial charge >= 0.3 is 11.9 Å². The number of likely N-dealkylation sites (N-methyl/N-ethyl adjacent to an activating group) is 1. The summed E-state index contributed by atoms with van der Waals surface area (Å²) in [5, 5.41) is 11.6. The van der Waals surface area contributed by atoms with Crippen LogP contribution in [-0.4, -0.2) is 75.5 Å². The summed E-state index contributed by atoms with van der Waals surface area (Å²) in [6.45, 7) is 4.30. The minimum absolute atomic E-state index is 0.0172. The van der Waals surface area contributed by atoms with Crippen molar-refractivity contribution in [2.45, 2.75) is 135 Å². The predicted octanol–water partition coefficient (Wildman–Crippen LogP) is 8.85. The molecule has 8 nitrogen and oxygen atoms in total. The zero-order valence-electron chi connectivity index (χ0n) is 33.2. The van der Waals surface area contributed by atoms with E-state index in [9.17, 15) is 19.5 Å². The molecule has 0 spiro atoms. The molecule has 8 heteroatoms. The number of hydrogen-bond acceptors (Lipinski definition) is 7. The molecule has 0 aliphatic carbocycles. The molecule has 294 valence electrons. The number of unbranched alkanes of at least 4 members (excludes halogenated alkanes) is 10. The highest BCUT2D eigenvalue weighted by atomic mass is 16.6. The molecule has 0 aromatic carbocycles. The number of esters is 2. The molecular weight excluding hydrogens is 654 g/mol. The first kappa shape index (κ1) is 48.5. The van der Waals surface area contributed by atoms with Crippen LogP contribution in [0, 0.1) is 0 Å². The first-order valence-electron chi connectivity index (χ1n) is 19.7. The number of hydrogen-bond donors (Lipinski definition) is 0. The Hall–Kier alpha value is -3.49. The summed E-state index contributed by atoms with van der Waals surface area (Å²) in [6.07, 6.45) is 43.2. The summed E-state index contributed by atoms with van der Waals surface area (Å²) in [7, 11) is 5.37. The van der Waals surface area contributed by atoms with Gasteiger partial charge in [0.25, 0.3) is 0 Å². The Morgan fingerprint density at radius 2 is 1.02 bits per heavy atom. The molecular formula is C44H71NO7. The van der Waals surface area contributed by atoms with E-state index < -0.39 is 18.1 Å². The molecule has 0 fully saturated rings. The third kappa shape index (κ3) is 32.4. The third-order valence-corrected chi connectivity index (χ3v) is 8.18. The number of ether oxygens (including phenoxy) is 3. The summed E-state index contributed by atoms with van der Waals surface area (Å²) in [5.41, 5.74) is 0. The molecule has 52 heavy (non-hydrogen) atoms. The summed E-state index contributed by atoms with van der Waals surface area (Å²) in [5.74, 6) is -1.82. The Labute approximate surface area is 316 Å². The average molecular weight is 726 g/mol. The normalized spacial score (nSPS) is 13.9. The molecule has 0 amide bonds. The fourth-order valence-corrected chi connectivity index (χ4v) is 5.14. The van der Waals surface area contributed by atoms with Crippen molar-refractivity contribution in [1.29, 1.82) is 0 Å². The molecule has 0 aliphatic heterocycles. The fourth-order valence-electron chi connectivity index (χ4n) is 5.14. The Kier molecular flexibility index (Phi) is 32.3. The van der Waals surface area contributed by atoms with Crippen molar-refractivity contribution in [2.24, 2.45) is 0 Å². The van der Waals surface area contributed by atoms with Crippen LogP contribution in [0.2, 0.25) is 0 Å². The van der Waals surface area contributed by atoms with Crippen LogP contribution in [0.5, 0.6) is 0 Å². The number of carbonyl (C=O) groups excluding carboxylic acids is 3. The van der Waals surface area contributed by atoms with E-state index in [0.717, 1.165) is 70.6 Å². The summed E-state index contributed by atoms with van der Waals surface area (Å²) in [6, 6.07) is -0.738. The van der Waals surface area contributed by atoms with E-state index in [1.165, 1.54) is 19.3 Å². The highest BCUT2D eigenvalue weighted by Gasteiger charge is 2.25. The molecule has 0 saturated heterocycles. The number of carboxylic acids is 1. The number of quaternary nitrogens is 1. The van der Waals surface area contributed by atoms with Gasteiger partial charge in [-0.1, -0.05) is 137 Å². The topological polar surface area (TPSA) is 102 Å². The molecule has 0 rings (SSSR count). The largest absolute Gasteiger partial charge is 0.544 e. The number of aliphatic carboxylic acids is 1. The van der Waals surface area contributed by atoms with Crippen molar-refractivity contribution in [2.75, 3.05) is 41.0 Å². The molecule has 2 atom stereocenters. The van der Waals surface area contributed by atoms with E-state index in [0.29, 0.717) is 12.8 Å². The van der Waals surface area contributed by atoms with Crippen molar-refractivity contribution in [3.8, 4) is 0 Å². The van der Waals surface area contributed by atoms with Crippen molar-refractivity contribution < 1.29 is 38.2 Å². The van der Waals surface area contributed by atoms with Gasteiger partial charge in [0.2, 0.25) is 0 Å². The SMILES string of the molecule is CC/C=C/C=C/C=C/C=C/CCCCCC(=O)OCC(COCCC(C(=O)[O-])[N+](C)(C)C)OC(=O)CCCCCCCCC/C=C/C=C/C=C/CC. The average Bonchev–Trinajstić information content (AvgIpc) is 3.09. The maximum atomic E-state index is 12.7. The van der Waals surface area contributed by atoms with Gasteiger partial charge in [0, 0.05) is 19.3 Å². The molecule has 0 N–H and O–H groups in total. The smallest absolute Gasteiger partial charge is 0.306 e. The van der Waals surface area contributed by atoms with Gasteiger partial charge in [-0.2, -0.15) is 0 Å². The van der Waals surface area contributed by atoms with Gasteiger partial charge < -0.3 is 28.6 Å². The Bertz CT molecular complexity index is 1120. The van der Waals surface area contributed by atoms with Crippen LogP contribution in [0.15, 0.2) is 85.1 Å². The number of nitrogens with zero attached hydrogens (tertiary/aromatic N) is 1. The monoisotopic (exact) mass is 726 g/mol. The Morgan fingerprint density at radius 1 is 0.577 bits per heavy atom. The molecule has 0 aromatic heterocycles. The molecule has 0 saturated carbocycles. The Morgan fingerprint density at radius 3 is 1.52 bits per heavy atom. The van der Waals surface area contributed by atoms with Crippen LogP contribution < -0.4 is 5.11 Å². The van der Waals surface area contributed by atoms with Gasteiger partial charge in [-0.25, -0.2) is 0 Å². The second kappa shape index (κ2) is 34.6. The lowest BCUT2D eigenvalue weighted by atomic mass is 10.1. The summed E-state index contributed by atoms with van der Waals surface area (Å²) < 4.78 is 17.0. The quantitative estimate of drug-likeness (QED) is 0.0288. The maximum Gasteiger partial charge on any atom is 0.306 e. The predicted molar refractivity (Wildman–Crippen MR) is 212 cm³/mol.